The predicted molar refractivity (Wildman–Crippen MR) is 54.6 cm³/mol. The number of hydrogen-bond donors (Lipinski definition) is 0. The highest BCUT2D eigenvalue weighted by Crippen LogP contribution is 2.23. The molecule has 5 nitrogen and oxygen atoms in total. The molecule has 80 valence electrons. The van der Waals surface area contributed by atoms with Crippen LogP contribution in [0.3, 0.4) is 0 Å². The average Bonchev–Trinajstić information content (AvgIpc) is 2.69. The summed E-state index contributed by atoms with van der Waals surface area (Å²) >= 11 is 0. The van der Waals surface area contributed by atoms with E-state index in [2.05, 4.69) is 5.10 Å². The Hall–Kier alpha value is -1.65. The fourth-order valence-electron chi connectivity index (χ4n) is 1.80. The lowest BCUT2D eigenvalue weighted by molar-refractivity contribution is -0.121. The molecule has 1 aromatic heterocycles. The number of amides is 1. The molecule has 1 saturated heterocycles. The number of aromatic nitrogens is 2. The Morgan fingerprint density at radius 1 is 1.47 bits per heavy atom. The Labute approximate surface area is 87.7 Å². The fraction of sp³-hybridized carbons (Fsp3) is 0.500. The van der Waals surface area contributed by atoms with Gasteiger partial charge < -0.3 is 4.90 Å². The Balaban J connectivity index is 2.36. The van der Waals surface area contributed by atoms with Crippen LogP contribution in [-0.4, -0.2) is 28.0 Å². The molecule has 2 heterocycles. The first-order chi connectivity index (χ1) is 7.11. The summed E-state index contributed by atoms with van der Waals surface area (Å²) in [6.45, 7) is 2.17. The normalized spacial score (nSPS) is 16.5. The third kappa shape index (κ3) is 1.65. The van der Waals surface area contributed by atoms with Gasteiger partial charge in [-0.05, 0) is 6.42 Å². The Bertz CT molecular complexity index is 422. The highest BCUT2D eigenvalue weighted by atomic mass is 16.2. The number of carbonyl (C=O) groups excluding carboxylic acids is 2. The number of aryl methyl sites for hydroxylation is 2. The van der Waals surface area contributed by atoms with Crippen LogP contribution in [0.1, 0.15) is 19.0 Å². The zero-order chi connectivity index (χ0) is 11.0. The van der Waals surface area contributed by atoms with Crippen molar-refractivity contribution in [1.29, 1.82) is 0 Å². The molecule has 0 N–H and O–H groups in total. The smallest absolute Gasteiger partial charge is 0.235 e. The lowest BCUT2D eigenvalue weighted by Crippen LogP contribution is -2.25. The lowest BCUT2D eigenvalue weighted by Gasteiger charge is -2.13. The number of hydrogen-bond acceptors (Lipinski definition) is 3. The summed E-state index contributed by atoms with van der Waals surface area (Å²) in [5, 5.41) is 4.24. The van der Waals surface area contributed by atoms with Gasteiger partial charge in [-0.2, -0.15) is 5.10 Å². The van der Waals surface area contributed by atoms with E-state index in [1.54, 1.807) is 10.9 Å². The van der Waals surface area contributed by atoms with Crippen LogP contribution in [0.25, 0.3) is 0 Å². The van der Waals surface area contributed by atoms with Gasteiger partial charge in [-0.25, -0.2) is 0 Å². The molecule has 0 spiro atoms. The summed E-state index contributed by atoms with van der Waals surface area (Å²) in [5.74, 6) is -0.145. The van der Waals surface area contributed by atoms with Crippen molar-refractivity contribution < 1.29 is 9.59 Å². The van der Waals surface area contributed by atoms with E-state index < -0.39 is 0 Å². The average molecular weight is 207 g/mol. The molecular formula is C10H13N3O2. The molecule has 5 heteroatoms. The van der Waals surface area contributed by atoms with Gasteiger partial charge in [0.25, 0.3) is 0 Å². The van der Waals surface area contributed by atoms with Gasteiger partial charge in [-0.15, -0.1) is 0 Å². The quantitative estimate of drug-likeness (QED) is 0.655. The van der Waals surface area contributed by atoms with Gasteiger partial charge in [0.2, 0.25) is 5.91 Å². The summed E-state index contributed by atoms with van der Waals surface area (Å²) in [6.07, 6.45) is 2.57. The van der Waals surface area contributed by atoms with E-state index >= 15 is 0 Å². The summed E-state index contributed by atoms with van der Waals surface area (Å²) < 4.78 is 1.67. The predicted octanol–water partition coefficient (Wildman–Crippen LogP) is 0.288. The van der Waals surface area contributed by atoms with Crippen molar-refractivity contribution in [3.05, 3.63) is 11.9 Å². The van der Waals surface area contributed by atoms with Crippen molar-refractivity contribution in [2.75, 3.05) is 11.4 Å². The van der Waals surface area contributed by atoms with Gasteiger partial charge >= 0.3 is 0 Å². The monoisotopic (exact) mass is 207 g/mol. The van der Waals surface area contributed by atoms with Crippen LogP contribution in [0.15, 0.2) is 6.20 Å². The molecule has 0 saturated carbocycles. The van der Waals surface area contributed by atoms with E-state index in [0.29, 0.717) is 0 Å². The highest BCUT2D eigenvalue weighted by Gasteiger charge is 2.30. The highest BCUT2D eigenvalue weighted by molar-refractivity contribution is 6.15. The number of ketones is 1. The Morgan fingerprint density at radius 3 is 2.73 bits per heavy atom. The van der Waals surface area contributed by atoms with Crippen molar-refractivity contribution in [2.45, 2.75) is 19.8 Å². The molecule has 2 rings (SSSR count). The summed E-state index contributed by atoms with van der Waals surface area (Å²) in [7, 11) is 1.81. The summed E-state index contributed by atoms with van der Waals surface area (Å²) in [5.41, 5.74) is 1.64. The van der Waals surface area contributed by atoms with Gasteiger partial charge in [0, 0.05) is 13.2 Å². The maximum absolute atomic E-state index is 11.5. The summed E-state index contributed by atoms with van der Waals surface area (Å²) in [6, 6.07) is 0. The standard InChI is InChI=1S/C10H13N3O2/c1-3-8-9(6-12(2)11-8)13-5-7(14)4-10(13)15/h6H,3-5H2,1-2H3. The van der Waals surface area contributed by atoms with Gasteiger partial charge in [-0.3, -0.25) is 14.3 Å². The summed E-state index contributed by atoms with van der Waals surface area (Å²) in [4.78, 5) is 24.2. The first-order valence-corrected chi connectivity index (χ1v) is 4.96. The van der Waals surface area contributed by atoms with Gasteiger partial charge in [0.15, 0.2) is 5.78 Å². The lowest BCUT2D eigenvalue weighted by atomic mass is 10.3. The molecule has 1 amide bonds. The molecule has 1 fully saturated rings. The fourth-order valence-corrected chi connectivity index (χ4v) is 1.80. The Kier molecular flexibility index (Phi) is 2.30. The molecule has 1 aliphatic rings. The number of rotatable bonds is 2. The second-order valence-electron chi connectivity index (χ2n) is 3.68. The van der Waals surface area contributed by atoms with E-state index in [4.69, 9.17) is 0 Å². The van der Waals surface area contributed by atoms with Crippen LogP contribution in [0.4, 0.5) is 5.69 Å². The zero-order valence-corrected chi connectivity index (χ0v) is 8.86. The van der Waals surface area contributed by atoms with Crippen LogP contribution in [0.2, 0.25) is 0 Å². The van der Waals surface area contributed by atoms with Crippen molar-refractivity contribution in [3.8, 4) is 0 Å². The molecule has 1 aromatic rings. The molecule has 0 aromatic carbocycles. The van der Waals surface area contributed by atoms with E-state index in [-0.39, 0.29) is 24.7 Å². The van der Waals surface area contributed by atoms with Gasteiger partial charge in [0.1, 0.15) is 0 Å². The van der Waals surface area contributed by atoms with E-state index in [0.717, 1.165) is 17.8 Å². The minimum atomic E-state index is -0.122. The third-order valence-electron chi connectivity index (χ3n) is 2.49. The van der Waals surface area contributed by atoms with Crippen molar-refractivity contribution in [2.24, 2.45) is 7.05 Å². The van der Waals surface area contributed by atoms with E-state index in [9.17, 15) is 9.59 Å². The van der Waals surface area contributed by atoms with E-state index in [1.165, 1.54) is 4.90 Å². The Morgan fingerprint density at radius 2 is 2.20 bits per heavy atom. The minimum absolute atomic E-state index is 0.0223. The van der Waals surface area contributed by atoms with Crippen molar-refractivity contribution in [1.82, 2.24) is 9.78 Å². The first-order valence-electron chi connectivity index (χ1n) is 4.96. The molecule has 15 heavy (non-hydrogen) atoms. The van der Waals surface area contributed by atoms with Crippen LogP contribution < -0.4 is 4.90 Å². The molecule has 0 unspecified atom stereocenters. The number of nitrogens with zero attached hydrogens (tertiary/aromatic N) is 3. The van der Waals surface area contributed by atoms with Crippen LogP contribution >= 0.6 is 0 Å². The maximum Gasteiger partial charge on any atom is 0.235 e. The largest absolute Gasteiger partial charge is 0.301 e. The maximum atomic E-state index is 11.5. The molecule has 0 radical (unpaired) electrons. The first kappa shape index (κ1) is 9.89. The molecule has 0 aliphatic carbocycles. The van der Waals surface area contributed by atoms with Crippen LogP contribution in [-0.2, 0) is 23.1 Å². The molecule has 1 aliphatic heterocycles. The zero-order valence-electron chi connectivity index (χ0n) is 8.86. The number of anilines is 1. The van der Waals surface area contributed by atoms with Gasteiger partial charge in [0.05, 0.1) is 24.3 Å². The third-order valence-corrected chi connectivity index (χ3v) is 2.49. The van der Waals surface area contributed by atoms with Crippen LogP contribution in [0, 0.1) is 0 Å². The number of Topliss-reactive ketones (excluding diaryl/α,β-unsaturated/α-hetero) is 1. The second-order valence-corrected chi connectivity index (χ2v) is 3.68. The van der Waals surface area contributed by atoms with Crippen LogP contribution in [0.5, 0.6) is 0 Å². The van der Waals surface area contributed by atoms with E-state index in [1.807, 2.05) is 14.0 Å². The van der Waals surface area contributed by atoms with Crippen molar-refractivity contribution >= 4 is 17.4 Å². The molecule has 0 atom stereocenters. The topological polar surface area (TPSA) is 55.2 Å². The second kappa shape index (κ2) is 3.49. The SMILES string of the molecule is CCc1nn(C)cc1N1CC(=O)CC1=O. The van der Waals surface area contributed by atoms with Crippen molar-refractivity contribution in [3.63, 3.8) is 0 Å². The number of carbonyl (C=O) groups is 2. The molecular weight excluding hydrogens is 194 g/mol. The van der Waals surface area contributed by atoms with Gasteiger partial charge in [-0.1, -0.05) is 6.92 Å². The molecule has 0 bridgehead atoms. The minimum Gasteiger partial charge on any atom is -0.301 e.